The van der Waals surface area contributed by atoms with E-state index in [9.17, 15) is 4.79 Å². The normalized spacial score (nSPS) is 16.5. The first-order chi connectivity index (χ1) is 10.6. The van der Waals surface area contributed by atoms with Gasteiger partial charge in [0.2, 0.25) is 0 Å². The summed E-state index contributed by atoms with van der Waals surface area (Å²) in [5.41, 5.74) is 3.14. The fourth-order valence-corrected chi connectivity index (χ4v) is 3.16. The molecule has 0 bridgehead atoms. The van der Waals surface area contributed by atoms with Crippen LogP contribution in [-0.2, 0) is 11.2 Å². The van der Waals surface area contributed by atoms with Crippen molar-refractivity contribution in [2.45, 2.75) is 26.3 Å². The molecular weight excluding hydrogens is 298 g/mol. The van der Waals surface area contributed by atoms with E-state index < -0.39 is 0 Å². The minimum Gasteiger partial charge on any atom is -0.483 e. The van der Waals surface area contributed by atoms with Gasteiger partial charge in [-0.2, -0.15) is 0 Å². The first-order valence-electron chi connectivity index (χ1n) is 7.35. The van der Waals surface area contributed by atoms with Crippen molar-refractivity contribution < 1.29 is 9.53 Å². The second kappa shape index (κ2) is 6.01. The highest BCUT2D eigenvalue weighted by Crippen LogP contribution is 2.32. The van der Waals surface area contributed by atoms with E-state index in [2.05, 4.69) is 13.0 Å². The first kappa shape index (κ1) is 14.9. The van der Waals surface area contributed by atoms with Crippen LogP contribution in [0.1, 0.15) is 18.1 Å². The molecule has 1 aliphatic rings. The maximum absolute atomic E-state index is 12.5. The second-order valence-corrected chi connectivity index (χ2v) is 6.08. The zero-order valence-corrected chi connectivity index (χ0v) is 13.4. The van der Waals surface area contributed by atoms with Crippen molar-refractivity contribution in [3.8, 4) is 5.75 Å². The summed E-state index contributed by atoms with van der Waals surface area (Å²) in [6, 6.07) is 13.6. The molecule has 4 heteroatoms. The van der Waals surface area contributed by atoms with E-state index in [0.29, 0.717) is 10.8 Å². The van der Waals surface area contributed by atoms with E-state index in [0.717, 1.165) is 17.7 Å². The highest BCUT2D eigenvalue weighted by molar-refractivity contribution is 6.30. The summed E-state index contributed by atoms with van der Waals surface area (Å²) >= 11 is 5.93. The number of fused-ring (bicyclic) bond motifs is 1. The molecule has 0 fully saturated rings. The number of carbonyl (C=O) groups excluding carboxylic acids is 1. The predicted octanol–water partition coefficient (Wildman–Crippen LogP) is 4.01. The third-order valence-electron chi connectivity index (χ3n) is 3.96. The largest absolute Gasteiger partial charge is 0.483 e. The van der Waals surface area contributed by atoms with Gasteiger partial charge >= 0.3 is 0 Å². The molecule has 1 heterocycles. The topological polar surface area (TPSA) is 29.5 Å². The van der Waals surface area contributed by atoms with E-state index in [-0.39, 0.29) is 18.6 Å². The minimum absolute atomic E-state index is 0.0215. The summed E-state index contributed by atoms with van der Waals surface area (Å²) < 4.78 is 5.68. The molecule has 0 saturated carbocycles. The predicted molar refractivity (Wildman–Crippen MR) is 88.8 cm³/mol. The summed E-state index contributed by atoms with van der Waals surface area (Å²) in [6.07, 6.45) is 0.891. The van der Waals surface area contributed by atoms with Crippen LogP contribution in [0, 0.1) is 6.92 Å². The van der Waals surface area contributed by atoms with Crippen molar-refractivity contribution in [1.82, 2.24) is 0 Å². The van der Waals surface area contributed by atoms with Crippen molar-refractivity contribution in [2.75, 3.05) is 11.5 Å². The van der Waals surface area contributed by atoms with Gasteiger partial charge in [-0.3, -0.25) is 4.79 Å². The molecule has 0 aromatic heterocycles. The van der Waals surface area contributed by atoms with Gasteiger partial charge in [-0.15, -0.1) is 0 Å². The van der Waals surface area contributed by atoms with Crippen LogP contribution in [0.25, 0.3) is 0 Å². The van der Waals surface area contributed by atoms with Gasteiger partial charge in [0.15, 0.2) is 6.61 Å². The zero-order chi connectivity index (χ0) is 15.7. The minimum atomic E-state index is -0.0215. The van der Waals surface area contributed by atoms with E-state index in [1.54, 1.807) is 12.1 Å². The van der Waals surface area contributed by atoms with Crippen LogP contribution in [0.3, 0.4) is 0 Å². The molecule has 1 aliphatic heterocycles. The molecule has 0 spiro atoms. The lowest BCUT2D eigenvalue weighted by atomic mass is 10.1. The Labute approximate surface area is 135 Å². The van der Waals surface area contributed by atoms with Gasteiger partial charge in [0.25, 0.3) is 5.91 Å². The lowest BCUT2D eigenvalue weighted by Crippen LogP contribution is -2.39. The van der Waals surface area contributed by atoms with E-state index in [1.165, 1.54) is 5.56 Å². The Morgan fingerprint density at radius 3 is 2.86 bits per heavy atom. The lowest BCUT2D eigenvalue weighted by molar-refractivity contribution is -0.120. The van der Waals surface area contributed by atoms with Crippen LogP contribution in [0.4, 0.5) is 5.69 Å². The Morgan fingerprint density at radius 1 is 1.32 bits per heavy atom. The number of nitrogens with zero attached hydrogens (tertiary/aromatic N) is 1. The Bertz CT molecular complexity index is 714. The third kappa shape index (κ3) is 2.81. The molecule has 0 aliphatic carbocycles. The summed E-state index contributed by atoms with van der Waals surface area (Å²) in [6.45, 7) is 4.01. The van der Waals surface area contributed by atoms with Gasteiger partial charge < -0.3 is 9.64 Å². The molecule has 0 radical (unpaired) electrons. The molecule has 2 aromatic rings. The summed E-state index contributed by atoms with van der Waals surface area (Å²) in [5, 5.41) is 0.665. The number of anilines is 1. The maximum Gasteiger partial charge on any atom is 0.265 e. The molecular formula is C18H18ClNO2. The molecule has 1 atom stereocenters. The highest BCUT2D eigenvalue weighted by atomic mass is 35.5. The van der Waals surface area contributed by atoms with Gasteiger partial charge in [-0.05, 0) is 55.7 Å². The number of para-hydroxylation sites is 1. The van der Waals surface area contributed by atoms with Crippen LogP contribution in [0.2, 0.25) is 5.02 Å². The van der Waals surface area contributed by atoms with Crippen LogP contribution >= 0.6 is 11.6 Å². The molecule has 1 unspecified atom stereocenters. The molecule has 3 nitrogen and oxygen atoms in total. The Kier molecular flexibility index (Phi) is 4.08. The smallest absolute Gasteiger partial charge is 0.265 e. The van der Waals surface area contributed by atoms with Crippen molar-refractivity contribution in [3.05, 3.63) is 58.6 Å². The quantitative estimate of drug-likeness (QED) is 0.856. The fourth-order valence-electron chi connectivity index (χ4n) is 2.93. The molecule has 22 heavy (non-hydrogen) atoms. The number of amides is 1. The third-order valence-corrected chi connectivity index (χ3v) is 4.20. The van der Waals surface area contributed by atoms with Crippen LogP contribution in [0.15, 0.2) is 42.5 Å². The van der Waals surface area contributed by atoms with Gasteiger partial charge in [0.05, 0.1) is 0 Å². The Hall–Kier alpha value is -2.00. The van der Waals surface area contributed by atoms with Crippen molar-refractivity contribution in [3.63, 3.8) is 0 Å². The van der Waals surface area contributed by atoms with Gasteiger partial charge in [0.1, 0.15) is 5.75 Å². The SMILES string of the molecule is Cc1cc(Cl)ccc1OCC(=O)N1c2ccccc2CC1C. The number of rotatable bonds is 3. The second-order valence-electron chi connectivity index (χ2n) is 5.64. The number of ether oxygens (including phenoxy) is 1. The highest BCUT2D eigenvalue weighted by Gasteiger charge is 2.30. The van der Waals surface area contributed by atoms with Gasteiger partial charge in [-0.25, -0.2) is 0 Å². The molecule has 2 aromatic carbocycles. The lowest BCUT2D eigenvalue weighted by Gasteiger charge is -2.23. The standard InChI is InChI=1S/C18H18ClNO2/c1-12-9-15(19)7-8-17(12)22-11-18(21)20-13(2)10-14-5-3-4-6-16(14)20/h3-9,13H,10-11H2,1-2H3. The Balaban J connectivity index is 1.72. The van der Waals surface area contributed by atoms with E-state index in [1.807, 2.05) is 36.1 Å². The number of hydrogen-bond acceptors (Lipinski definition) is 2. The number of hydrogen-bond donors (Lipinski definition) is 0. The van der Waals surface area contributed by atoms with Crippen molar-refractivity contribution in [1.29, 1.82) is 0 Å². The molecule has 0 N–H and O–H groups in total. The zero-order valence-electron chi connectivity index (χ0n) is 12.7. The molecule has 1 amide bonds. The first-order valence-corrected chi connectivity index (χ1v) is 7.73. The summed E-state index contributed by atoms with van der Waals surface area (Å²) in [5.74, 6) is 0.671. The monoisotopic (exact) mass is 315 g/mol. The number of benzene rings is 2. The van der Waals surface area contributed by atoms with Gasteiger partial charge in [0, 0.05) is 16.8 Å². The number of carbonyl (C=O) groups is 1. The average molecular weight is 316 g/mol. The van der Waals surface area contributed by atoms with Crippen LogP contribution < -0.4 is 9.64 Å². The van der Waals surface area contributed by atoms with Gasteiger partial charge in [-0.1, -0.05) is 29.8 Å². The average Bonchev–Trinajstić information content (AvgIpc) is 2.82. The number of halogens is 1. The Morgan fingerprint density at radius 2 is 2.09 bits per heavy atom. The van der Waals surface area contributed by atoms with Crippen LogP contribution in [0.5, 0.6) is 5.75 Å². The summed E-state index contributed by atoms with van der Waals surface area (Å²) in [7, 11) is 0. The summed E-state index contributed by atoms with van der Waals surface area (Å²) in [4.78, 5) is 14.4. The van der Waals surface area contributed by atoms with Crippen molar-refractivity contribution in [2.24, 2.45) is 0 Å². The number of aryl methyl sites for hydroxylation is 1. The maximum atomic E-state index is 12.5. The van der Waals surface area contributed by atoms with E-state index >= 15 is 0 Å². The van der Waals surface area contributed by atoms with E-state index in [4.69, 9.17) is 16.3 Å². The fraction of sp³-hybridized carbons (Fsp3) is 0.278. The van der Waals surface area contributed by atoms with Crippen molar-refractivity contribution >= 4 is 23.2 Å². The van der Waals surface area contributed by atoms with Crippen LogP contribution in [-0.4, -0.2) is 18.6 Å². The molecule has 3 rings (SSSR count). The molecule has 0 saturated heterocycles. The molecule has 114 valence electrons.